The minimum atomic E-state index is 0.0411. The van der Waals surface area contributed by atoms with Crippen LogP contribution in [0.5, 0.6) is 0 Å². The number of fused-ring (bicyclic) bond motifs is 3. The first-order chi connectivity index (χ1) is 14.2. The van der Waals surface area contributed by atoms with Crippen LogP contribution in [0.1, 0.15) is 30.4 Å². The van der Waals surface area contributed by atoms with E-state index in [1.165, 1.54) is 5.56 Å². The van der Waals surface area contributed by atoms with Gasteiger partial charge in [0.05, 0.1) is 0 Å². The van der Waals surface area contributed by atoms with Crippen LogP contribution in [0.2, 0.25) is 0 Å². The predicted molar refractivity (Wildman–Crippen MR) is 115 cm³/mol. The maximum absolute atomic E-state index is 12.1. The molecule has 0 radical (unpaired) electrons. The summed E-state index contributed by atoms with van der Waals surface area (Å²) in [6, 6.07) is 14.7. The number of rotatable bonds is 3. The van der Waals surface area contributed by atoms with Crippen molar-refractivity contribution in [2.75, 3.05) is 36.4 Å². The highest BCUT2D eigenvalue weighted by molar-refractivity contribution is 6.01. The molecule has 0 bridgehead atoms. The van der Waals surface area contributed by atoms with Crippen molar-refractivity contribution in [3.8, 4) is 0 Å². The summed E-state index contributed by atoms with van der Waals surface area (Å²) in [5.74, 6) is 1.78. The van der Waals surface area contributed by atoms with E-state index in [2.05, 4.69) is 63.4 Å². The summed E-state index contributed by atoms with van der Waals surface area (Å²) in [5.41, 5.74) is 3.39. The molecule has 2 aliphatic rings. The van der Waals surface area contributed by atoms with Gasteiger partial charge in [0.2, 0.25) is 5.91 Å². The number of hydrogen-bond acceptors (Lipinski definition) is 5. The molecule has 0 spiro atoms. The molecule has 0 saturated carbocycles. The molecule has 5 rings (SSSR count). The van der Waals surface area contributed by atoms with E-state index in [0.29, 0.717) is 12.2 Å². The van der Waals surface area contributed by atoms with Crippen LogP contribution >= 0.6 is 0 Å². The van der Waals surface area contributed by atoms with Crippen LogP contribution in [0, 0.1) is 0 Å². The largest absolute Gasteiger partial charge is 0.352 e. The Kier molecular flexibility index (Phi) is 4.64. The van der Waals surface area contributed by atoms with Gasteiger partial charge in [-0.2, -0.15) is 0 Å². The highest BCUT2D eigenvalue weighted by atomic mass is 16.1. The van der Waals surface area contributed by atoms with Gasteiger partial charge in [0.25, 0.3) is 0 Å². The van der Waals surface area contributed by atoms with Crippen LogP contribution in [-0.2, 0) is 11.3 Å². The van der Waals surface area contributed by atoms with Crippen molar-refractivity contribution in [1.29, 1.82) is 0 Å². The third-order valence-electron chi connectivity index (χ3n) is 5.95. The number of amides is 1. The van der Waals surface area contributed by atoms with Gasteiger partial charge in [-0.25, -0.2) is 4.98 Å². The summed E-state index contributed by atoms with van der Waals surface area (Å²) >= 11 is 0. The van der Waals surface area contributed by atoms with Gasteiger partial charge in [0.15, 0.2) is 5.82 Å². The Morgan fingerprint density at radius 3 is 2.66 bits per heavy atom. The highest BCUT2D eigenvalue weighted by Crippen LogP contribution is 2.39. The third-order valence-corrected chi connectivity index (χ3v) is 5.95. The molecule has 2 aliphatic heterocycles. The topological polar surface area (TPSA) is 61.4 Å². The third kappa shape index (κ3) is 3.44. The van der Waals surface area contributed by atoms with Crippen LogP contribution in [0.3, 0.4) is 0 Å². The molecule has 1 aromatic carbocycles. The summed E-state index contributed by atoms with van der Waals surface area (Å²) < 4.78 is 0. The monoisotopic (exact) mass is 387 g/mol. The summed E-state index contributed by atoms with van der Waals surface area (Å²) in [7, 11) is 0. The molecule has 6 nitrogen and oxygen atoms in total. The quantitative estimate of drug-likeness (QED) is 0.746. The normalized spacial score (nSPS) is 19.8. The lowest BCUT2D eigenvalue weighted by Gasteiger charge is -2.36. The maximum atomic E-state index is 12.1. The first kappa shape index (κ1) is 18.1. The first-order valence-electron chi connectivity index (χ1n) is 10.3. The van der Waals surface area contributed by atoms with E-state index in [4.69, 9.17) is 4.98 Å². The molecule has 1 N–H and O–H groups in total. The number of pyridine rings is 2. The average Bonchev–Trinajstić information content (AvgIpc) is 2.74. The van der Waals surface area contributed by atoms with E-state index in [1.807, 2.05) is 12.3 Å². The minimum absolute atomic E-state index is 0.0411. The minimum Gasteiger partial charge on any atom is -0.352 e. The molecular weight excluding hydrogens is 362 g/mol. The van der Waals surface area contributed by atoms with Crippen molar-refractivity contribution < 1.29 is 4.79 Å². The second-order valence-electron chi connectivity index (χ2n) is 8.00. The molecule has 1 atom stereocenters. The SMILES string of the molecule is CC1CC(=O)Nc2nc(N3CCN(Cc4ccccc4)CC3)c3ncccc3c21. The van der Waals surface area contributed by atoms with Gasteiger partial charge >= 0.3 is 0 Å². The zero-order valence-electron chi connectivity index (χ0n) is 16.6. The molecule has 2 aromatic heterocycles. The van der Waals surface area contributed by atoms with Crippen molar-refractivity contribution in [2.45, 2.75) is 25.8 Å². The Hall–Kier alpha value is -2.99. The van der Waals surface area contributed by atoms with E-state index in [0.717, 1.165) is 55.0 Å². The van der Waals surface area contributed by atoms with Gasteiger partial charge in [-0.05, 0) is 17.5 Å². The van der Waals surface area contributed by atoms with E-state index >= 15 is 0 Å². The van der Waals surface area contributed by atoms with E-state index in [-0.39, 0.29) is 11.8 Å². The maximum Gasteiger partial charge on any atom is 0.226 e. The van der Waals surface area contributed by atoms with Crippen molar-refractivity contribution in [2.24, 2.45) is 0 Å². The number of hydrogen-bond donors (Lipinski definition) is 1. The van der Waals surface area contributed by atoms with Crippen LogP contribution < -0.4 is 10.2 Å². The van der Waals surface area contributed by atoms with Gasteiger partial charge in [0, 0.05) is 56.3 Å². The van der Waals surface area contributed by atoms with Gasteiger partial charge in [-0.15, -0.1) is 0 Å². The smallest absolute Gasteiger partial charge is 0.226 e. The Bertz CT molecular complexity index is 1040. The standard InChI is InChI=1S/C23H25N5O/c1-16-14-19(29)25-22-20(16)18-8-5-9-24-21(18)23(26-22)28-12-10-27(11-13-28)15-17-6-3-2-4-7-17/h2-9,16H,10-15H2,1H3,(H,25,26,29). The van der Waals surface area contributed by atoms with Gasteiger partial charge in [0.1, 0.15) is 11.3 Å². The average molecular weight is 387 g/mol. The number of carbonyl (C=O) groups excluding carboxylic acids is 1. The molecule has 1 saturated heterocycles. The zero-order valence-corrected chi connectivity index (χ0v) is 16.6. The molecule has 29 heavy (non-hydrogen) atoms. The molecular formula is C23H25N5O. The second-order valence-corrected chi connectivity index (χ2v) is 8.00. The number of nitrogens with one attached hydrogen (secondary N) is 1. The summed E-state index contributed by atoms with van der Waals surface area (Å²) in [6.45, 7) is 6.81. The van der Waals surface area contributed by atoms with Crippen molar-refractivity contribution in [3.63, 3.8) is 0 Å². The number of anilines is 2. The van der Waals surface area contributed by atoms with Gasteiger partial charge < -0.3 is 10.2 Å². The van der Waals surface area contributed by atoms with Crippen LogP contribution in [0.15, 0.2) is 48.7 Å². The molecule has 4 heterocycles. The first-order valence-corrected chi connectivity index (χ1v) is 10.3. The van der Waals surface area contributed by atoms with E-state index in [1.54, 1.807) is 0 Å². The fraction of sp³-hybridized carbons (Fsp3) is 0.348. The Morgan fingerprint density at radius 1 is 1.07 bits per heavy atom. The predicted octanol–water partition coefficient (Wildman–Crippen LogP) is 3.40. The molecule has 0 aliphatic carbocycles. The number of aromatic nitrogens is 2. The Morgan fingerprint density at radius 2 is 1.86 bits per heavy atom. The van der Waals surface area contributed by atoms with E-state index in [9.17, 15) is 4.79 Å². The fourth-order valence-electron chi connectivity index (χ4n) is 4.48. The summed E-state index contributed by atoms with van der Waals surface area (Å²) in [6.07, 6.45) is 2.33. The van der Waals surface area contributed by atoms with Gasteiger partial charge in [-0.3, -0.25) is 14.7 Å². The van der Waals surface area contributed by atoms with Crippen molar-refractivity contribution in [3.05, 3.63) is 59.8 Å². The lowest BCUT2D eigenvalue weighted by Crippen LogP contribution is -2.46. The molecule has 1 amide bonds. The lowest BCUT2D eigenvalue weighted by atomic mass is 9.91. The van der Waals surface area contributed by atoms with Crippen LogP contribution in [-0.4, -0.2) is 47.0 Å². The highest BCUT2D eigenvalue weighted by Gasteiger charge is 2.29. The van der Waals surface area contributed by atoms with Gasteiger partial charge in [-0.1, -0.05) is 43.3 Å². The molecule has 6 heteroatoms. The van der Waals surface area contributed by atoms with Crippen LogP contribution in [0.4, 0.5) is 11.6 Å². The number of nitrogens with zero attached hydrogens (tertiary/aromatic N) is 4. The Labute approximate surface area is 170 Å². The summed E-state index contributed by atoms with van der Waals surface area (Å²) in [5, 5.41) is 4.09. The lowest BCUT2D eigenvalue weighted by molar-refractivity contribution is -0.116. The molecule has 148 valence electrons. The molecule has 3 aromatic rings. The number of benzene rings is 1. The summed E-state index contributed by atoms with van der Waals surface area (Å²) in [4.78, 5) is 26.4. The molecule has 1 unspecified atom stereocenters. The Balaban J connectivity index is 1.43. The fourth-order valence-corrected chi connectivity index (χ4v) is 4.48. The molecule has 1 fully saturated rings. The van der Waals surface area contributed by atoms with Crippen LogP contribution in [0.25, 0.3) is 10.9 Å². The van der Waals surface area contributed by atoms with Crippen molar-refractivity contribution in [1.82, 2.24) is 14.9 Å². The van der Waals surface area contributed by atoms with E-state index < -0.39 is 0 Å². The number of piperazine rings is 1. The van der Waals surface area contributed by atoms with Crippen molar-refractivity contribution >= 4 is 28.4 Å². The second kappa shape index (κ2) is 7.44. The zero-order chi connectivity index (χ0) is 19.8. The number of carbonyl (C=O) groups is 1.